The number of ether oxygens (including phenoxy) is 1. The lowest BCUT2D eigenvalue weighted by Crippen LogP contribution is -2.18. The van der Waals surface area contributed by atoms with E-state index in [-0.39, 0.29) is 5.75 Å². The van der Waals surface area contributed by atoms with Gasteiger partial charge in [-0.2, -0.15) is 8.78 Å². The largest absolute Gasteiger partial charge is 0.434 e. The zero-order valence-electron chi connectivity index (χ0n) is 14.1. The SMILES string of the molecule is O=C(C=Cc1ccccc1OC(F)F)Nc1ccc(N2CCCC2)cn1. The topological polar surface area (TPSA) is 54.5 Å². The maximum atomic E-state index is 12.4. The highest BCUT2D eigenvalue weighted by Crippen LogP contribution is 2.22. The van der Waals surface area contributed by atoms with Gasteiger partial charge in [0, 0.05) is 24.7 Å². The molecule has 1 aliphatic rings. The van der Waals surface area contributed by atoms with Crippen LogP contribution in [-0.2, 0) is 4.79 Å². The Kier molecular flexibility index (Phi) is 5.78. The Morgan fingerprint density at radius 2 is 1.96 bits per heavy atom. The summed E-state index contributed by atoms with van der Waals surface area (Å²) in [6.07, 6.45) is 6.77. The van der Waals surface area contributed by atoms with Crippen LogP contribution in [0.3, 0.4) is 0 Å². The lowest BCUT2D eigenvalue weighted by atomic mass is 10.2. The standard InChI is InChI=1S/C19H19F2N3O2/c20-19(21)26-16-6-2-1-5-14(16)7-10-18(25)23-17-9-8-15(13-22-17)24-11-3-4-12-24/h1-2,5-10,13,19H,3-4,11-12H2,(H,22,23,25). The first-order valence-electron chi connectivity index (χ1n) is 8.36. The Morgan fingerprint density at radius 3 is 2.65 bits per heavy atom. The summed E-state index contributed by atoms with van der Waals surface area (Å²) in [5.41, 5.74) is 1.43. The van der Waals surface area contributed by atoms with Crippen molar-refractivity contribution >= 4 is 23.5 Å². The number of hydrogen-bond donors (Lipinski definition) is 1. The van der Waals surface area contributed by atoms with E-state index in [4.69, 9.17) is 0 Å². The monoisotopic (exact) mass is 359 g/mol. The molecule has 1 aliphatic heterocycles. The number of anilines is 2. The summed E-state index contributed by atoms with van der Waals surface area (Å²) in [6, 6.07) is 9.93. The zero-order valence-corrected chi connectivity index (χ0v) is 14.1. The molecule has 3 rings (SSSR count). The highest BCUT2D eigenvalue weighted by molar-refractivity contribution is 6.01. The van der Waals surface area contributed by atoms with Crippen LogP contribution in [0, 0.1) is 0 Å². The van der Waals surface area contributed by atoms with Gasteiger partial charge < -0.3 is 15.0 Å². The molecule has 0 bridgehead atoms. The quantitative estimate of drug-likeness (QED) is 0.794. The normalized spacial score (nSPS) is 14.2. The Hall–Kier alpha value is -2.96. The smallest absolute Gasteiger partial charge is 0.387 e. The summed E-state index contributed by atoms with van der Waals surface area (Å²) < 4.78 is 29.2. The van der Waals surface area contributed by atoms with Crippen molar-refractivity contribution in [2.24, 2.45) is 0 Å². The first-order valence-corrected chi connectivity index (χ1v) is 8.36. The molecule has 0 spiro atoms. The van der Waals surface area contributed by atoms with E-state index in [2.05, 4.69) is 19.9 Å². The summed E-state index contributed by atoms with van der Waals surface area (Å²) in [7, 11) is 0. The third kappa shape index (κ3) is 4.78. The summed E-state index contributed by atoms with van der Waals surface area (Å²) in [5.74, 6) is 0.0395. The fraction of sp³-hybridized carbons (Fsp3) is 0.263. The fourth-order valence-electron chi connectivity index (χ4n) is 2.78. The maximum absolute atomic E-state index is 12.4. The van der Waals surface area contributed by atoms with Crippen LogP contribution in [0.5, 0.6) is 5.75 Å². The van der Waals surface area contributed by atoms with E-state index in [1.807, 2.05) is 6.07 Å². The highest BCUT2D eigenvalue weighted by Gasteiger charge is 2.12. The van der Waals surface area contributed by atoms with Gasteiger partial charge in [-0.25, -0.2) is 4.98 Å². The van der Waals surface area contributed by atoms with E-state index in [0.29, 0.717) is 11.4 Å². The molecule has 1 amide bonds. The van der Waals surface area contributed by atoms with Crippen molar-refractivity contribution in [2.45, 2.75) is 19.5 Å². The van der Waals surface area contributed by atoms with Crippen LogP contribution in [0.2, 0.25) is 0 Å². The van der Waals surface area contributed by atoms with Gasteiger partial charge >= 0.3 is 6.61 Å². The van der Waals surface area contributed by atoms with Crippen molar-refractivity contribution in [2.75, 3.05) is 23.3 Å². The first-order chi connectivity index (χ1) is 12.6. The van der Waals surface area contributed by atoms with Gasteiger partial charge in [-0.15, -0.1) is 0 Å². The average molecular weight is 359 g/mol. The summed E-state index contributed by atoms with van der Waals surface area (Å²) in [5, 5.41) is 2.65. The van der Waals surface area contributed by atoms with Crippen molar-refractivity contribution in [1.82, 2.24) is 4.98 Å². The zero-order chi connectivity index (χ0) is 18.4. The van der Waals surface area contributed by atoms with Crippen LogP contribution < -0.4 is 15.0 Å². The molecule has 2 aromatic rings. The van der Waals surface area contributed by atoms with Gasteiger partial charge in [-0.3, -0.25) is 4.79 Å². The predicted octanol–water partition coefficient (Wildman–Crippen LogP) is 3.94. The lowest BCUT2D eigenvalue weighted by Gasteiger charge is -2.17. The Balaban J connectivity index is 1.61. The van der Waals surface area contributed by atoms with Gasteiger partial charge in [0.15, 0.2) is 0 Å². The molecule has 0 radical (unpaired) electrons. The number of alkyl halides is 2. The van der Waals surface area contributed by atoms with E-state index >= 15 is 0 Å². The van der Waals surface area contributed by atoms with Gasteiger partial charge in [-0.1, -0.05) is 18.2 Å². The minimum atomic E-state index is -2.92. The number of hydrogen-bond acceptors (Lipinski definition) is 4. The molecule has 0 aliphatic carbocycles. The Bertz CT molecular complexity index is 773. The minimum Gasteiger partial charge on any atom is -0.434 e. The van der Waals surface area contributed by atoms with Crippen molar-refractivity contribution in [3.63, 3.8) is 0 Å². The Labute approximate surface area is 150 Å². The van der Waals surface area contributed by atoms with Crippen LogP contribution in [0.25, 0.3) is 6.08 Å². The van der Waals surface area contributed by atoms with Crippen LogP contribution in [0.15, 0.2) is 48.7 Å². The van der Waals surface area contributed by atoms with Gasteiger partial charge in [0.2, 0.25) is 5.91 Å². The number of nitrogens with zero attached hydrogens (tertiary/aromatic N) is 2. The van der Waals surface area contributed by atoms with Crippen LogP contribution >= 0.6 is 0 Å². The van der Waals surface area contributed by atoms with E-state index in [0.717, 1.165) is 18.8 Å². The number of pyridine rings is 1. The molecule has 1 saturated heterocycles. The van der Waals surface area contributed by atoms with Crippen molar-refractivity contribution < 1.29 is 18.3 Å². The summed E-state index contributed by atoms with van der Waals surface area (Å²) in [4.78, 5) is 18.5. The summed E-state index contributed by atoms with van der Waals surface area (Å²) in [6.45, 7) is -0.872. The Morgan fingerprint density at radius 1 is 1.19 bits per heavy atom. The number of nitrogens with one attached hydrogen (secondary N) is 1. The number of carbonyl (C=O) groups excluding carboxylic acids is 1. The lowest BCUT2D eigenvalue weighted by molar-refractivity contribution is -0.111. The van der Waals surface area contributed by atoms with E-state index in [1.54, 1.807) is 30.5 Å². The second-order valence-electron chi connectivity index (χ2n) is 5.83. The van der Waals surface area contributed by atoms with Crippen LogP contribution in [0.1, 0.15) is 18.4 Å². The van der Waals surface area contributed by atoms with E-state index < -0.39 is 12.5 Å². The third-order valence-electron chi connectivity index (χ3n) is 4.02. The van der Waals surface area contributed by atoms with E-state index in [1.165, 1.54) is 31.1 Å². The summed E-state index contributed by atoms with van der Waals surface area (Å²) >= 11 is 0. The molecule has 5 nitrogen and oxygen atoms in total. The molecule has 1 fully saturated rings. The molecule has 26 heavy (non-hydrogen) atoms. The van der Waals surface area contributed by atoms with Crippen LogP contribution in [0.4, 0.5) is 20.3 Å². The molecule has 1 aromatic heterocycles. The van der Waals surface area contributed by atoms with Gasteiger partial charge in [-0.05, 0) is 37.1 Å². The van der Waals surface area contributed by atoms with Crippen molar-refractivity contribution in [1.29, 1.82) is 0 Å². The molecule has 2 heterocycles. The molecule has 1 aromatic carbocycles. The number of carbonyl (C=O) groups is 1. The molecule has 0 atom stereocenters. The maximum Gasteiger partial charge on any atom is 0.387 e. The van der Waals surface area contributed by atoms with Crippen molar-refractivity contribution in [3.8, 4) is 5.75 Å². The number of halogens is 2. The molecule has 1 N–H and O–H groups in total. The molecule has 7 heteroatoms. The minimum absolute atomic E-state index is 0.0136. The number of para-hydroxylation sites is 1. The highest BCUT2D eigenvalue weighted by atomic mass is 19.3. The second-order valence-corrected chi connectivity index (χ2v) is 5.83. The number of rotatable bonds is 6. The molecule has 136 valence electrons. The molecular weight excluding hydrogens is 340 g/mol. The third-order valence-corrected chi connectivity index (χ3v) is 4.02. The van der Waals surface area contributed by atoms with Crippen LogP contribution in [-0.4, -0.2) is 30.6 Å². The number of amides is 1. The van der Waals surface area contributed by atoms with Gasteiger partial charge in [0.05, 0.1) is 11.9 Å². The predicted molar refractivity (Wildman–Crippen MR) is 96.4 cm³/mol. The van der Waals surface area contributed by atoms with Crippen molar-refractivity contribution in [3.05, 3.63) is 54.2 Å². The second kappa shape index (κ2) is 8.42. The van der Waals surface area contributed by atoms with Gasteiger partial charge in [0.25, 0.3) is 0 Å². The average Bonchev–Trinajstić information content (AvgIpc) is 3.16. The molecule has 0 unspecified atom stereocenters. The van der Waals surface area contributed by atoms with E-state index in [9.17, 15) is 13.6 Å². The first kappa shape index (κ1) is 17.8. The number of benzene rings is 1. The fourth-order valence-corrected chi connectivity index (χ4v) is 2.78. The van der Waals surface area contributed by atoms with Gasteiger partial charge in [0.1, 0.15) is 11.6 Å². The molecular formula is C19H19F2N3O2. The number of aromatic nitrogens is 1. The molecule has 0 saturated carbocycles.